The third-order valence-electron chi connectivity index (χ3n) is 3.66. The van der Waals surface area contributed by atoms with Crippen LogP contribution in [0.25, 0.3) is 5.57 Å². The first-order chi connectivity index (χ1) is 11.7. The molecule has 24 heavy (non-hydrogen) atoms. The lowest BCUT2D eigenvalue weighted by Gasteiger charge is -2.34. The Morgan fingerprint density at radius 2 is 2.38 bits per heavy atom. The average Bonchev–Trinajstić information content (AvgIpc) is 3.04. The van der Waals surface area contributed by atoms with E-state index in [9.17, 15) is 4.79 Å². The molecule has 1 aromatic heterocycles. The fourth-order valence-electron chi connectivity index (χ4n) is 2.21. The van der Waals surface area contributed by atoms with Crippen LogP contribution in [0.5, 0.6) is 0 Å². The molecular formula is C17H23IN2O3S. The molecule has 1 saturated carbocycles. The van der Waals surface area contributed by atoms with Crippen LogP contribution in [0.4, 0.5) is 0 Å². The third-order valence-corrected chi connectivity index (χ3v) is 4.64. The first-order valence-corrected chi connectivity index (χ1v) is 10.9. The van der Waals surface area contributed by atoms with E-state index in [0.29, 0.717) is 12.0 Å². The molecule has 0 radical (unpaired) electrons. The van der Waals surface area contributed by atoms with Crippen LogP contribution in [0.2, 0.25) is 0 Å². The zero-order valence-electron chi connectivity index (χ0n) is 13.9. The number of nitrogens with one attached hydrogen (secondary N) is 1. The summed E-state index contributed by atoms with van der Waals surface area (Å²) in [5, 5.41) is 6.99. The molecule has 0 bridgehead atoms. The minimum Gasteiger partial charge on any atom is -0.353 e. The lowest BCUT2D eigenvalue weighted by Crippen LogP contribution is -2.40. The molecule has 0 spiro atoms. The first-order valence-electron chi connectivity index (χ1n) is 7.63. The first kappa shape index (κ1) is 21.1. The Bertz CT molecular complexity index is 563. The van der Waals surface area contributed by atoms with Gasteiger partial charge in [0.25, 0.3) is 0 Å². The molecule has 1 N–H and O–H groups in total. The predicted octanol–water partition coefficient (Wildman–Crippen LogP) is 4.63. The lowest BCUT2D eigenvalue weighted by molar-refractivity contribution is 0.109. The maximum atomic E-state index is 10.4. The predicted molar refractivity (Wildman–Crippen MR) is 108 cm³/mol. The molecule has 0 aromatic carbocycles. The molecule has 1 aromatic rings. The number of hydrogen-bond acceptors (Lipinski definition) is 6. The summed E-state index contributed by atoms with van der Waals surface area (Å²) in [6.07, 6.45) is 10.4. The van der Waals surface area contributed by atoms with Crippen molar-refractivity contribution in [1.82, 2.24) is 10.5 Å². The molecule has 0 unspecified atom stereocenters. The van der Waals surface area contributed by atoms with Gasteiger partial charge >= 0.3 is 0 Å². The zero-order chi connectivity index (χ0) is 17.8. The molecule has 1 fully saturated rings. The van der Waals surface area contributed by atoms with Gasteiger partial charge in [0.15, 0.2) is 12.0 Å². The normalized spacial score (nSPS) is 20.2. The van der Waals surface area contributed by atoms with Gasteiger partial charge in [-0.15, -0.1) is 0 Å². The number of carbonyl (C=O) groups excluding carboxylic acids is 1. The summed E-state index contributed by atoms with van der Waals surface area (Å²) in [4.78, 5) is 10.4. The number of rotatable bonds is 8. The Morgan fingerprint density at radius 3 is 2.88 bits per heavy atom. The molecular weight excluding hydrogens is 439 g/mol. The van der Waals surface area contributed by atoms with Gasteiger partial charge in [0.2, 0.25) is 0 Å². The molecule has 0 atom stereocenters. The maximum Gasteiger partial charge on any atom is 0.199 e. The second-order valence-electron chi connectivity index (χ2n) is 5.24. The van der Waals surface area contributed by atoms with Crippen LogP contribution in [0, 0.1) is 5.92 Å². The van der Waals surface area contributed by atoms with Crippen LogP contribution in [0.3, 0.4) is 0 Å². The average molecular weight is 462 g/mol. The second kappa shape index (κ2) is 12.5. The van der Waals surface area contributed by atoms with Gasteiger partial charge in [-0.05, 0) is 38.3 Å². The molecule has 0 aliphatic heterocycles. The van der Waals surface area contributed by atoms with Gasteiger partial charge in [-0.25, -0.2) is 0 Å². The molecule has 1 aliphatic rings. The van der Waals surface area contributed by atoms with Crippen molar-refractivity contribution in [3.63, 3.8) is 0 Å². The Morgan fingerprint density at radius 1 is 1.62 bits per heavy atom. The van der Waals surface area contributed by atoms with Gasteiger partial charge < -0.3 is 14.0 Å². The molecule has 5 nitrogen and oxygen atoms in total. The maximum absolute atomic E-state index is 10.4. The van der Waals surface area contributed by atoms with Crippen molar-refractivity contribution in [1.29, 1.82) is 0 Å². The quantitative estimate of drug-likeness (QED) is 0.263. The molecule has 1 aliphatic carbocycles. The van der Waals surface area contributed by atoms with E-state index in [1.807, 2.05) is 26.1 Å². The van der Waals surface area contributed by atoms with Crippen molar-refractivity contribution in [2.75, 3.05) is 13.7 Å². The highest BCUT2D eigenvalue weighted by Crippen LogP contribution is 2.29. The smallest absolute Gasteiger partial charge is 0.199 e. The minimum absolute atomic E-state index is 0.228. The van der Waals surface area contributed by atoms with Crippen LogP contribution in [-0.2, 0) is 4.18 Å². The SMILES string of the molecule is C=C/C=C\C(=C/C)c1cc(C=O)on1.CNC1CC(COSI)C1. The van der Waals surface area contributed by atoms with E-state index in [4.69, 9.17) is 8.71 Å². The number of allylic oxidation sites excluding steroid dienone is 5. The number of halogens is 1. The van der Waals surface area contributed by atoms with E-state index in [0.717, 1.165) is 24.1 Å². The van der Waals surface area contributed by atoms with E-state index in [1.165, 1.54) is 22.1 Å². The Balaban J connectivity index is 0.000000254. The van der Waals surface area contributed by atoms with E-state index < -0.39 is 0 Å². The number of carbonyl (C=O) groups is 1. The summed E-state index contributed by atoms with van der Waals surface area (Å²) in [7, 11) is 3.46. The Hall–Kier alpha value is -0.900. The summed E-state index contributed by atoms with van der Waals surface area (Å²) in [6.45, 7) is 6.38. The lowest BCUT2D eigenvalue weighted by atomic mass is 9.81. The van der Waals surface area contributed by atoms with E-state index in [1.54, 1.807) is 18.2 Å². The fourth-order valence-corrected chi connectivity index (χ4v) is 2.90. The second-order valence-corrected chi connectivity index (χ2v) is 6.68. The highest BCUT2D eigenvalue weighted by Gasteiger charge is 2.27. The molecule has 132 valence electrons. The highest BCUT2D eigenvalue weighted by atomic mass is 127. The van der Waals surface area contributed by atoms with Gasteiger partial charge in [-0.2, -0.15) is 0 Å². The number of aldehydes is 1. The van der Waals surface area contributed by atoms with Crippen molar-refractivity contribution in [2.24, 2.45) is 5.92 Å². The van der Waals surface area contributed by atoms with Crippen molar-refractivity contribution in [2.45, 2.75) is 25.8 Å². The van der Waals surface area contributed by atoms with Crippen LogP contribution in [0.15, 0.2) is 41.5 Å². The molecule has 1 heterocycles. The fraction of sp³-hybridized carbons (Fsp3) is 0.412. The largest absolute Gasteiger partial charge is 0.353 e. The van der Waals surface area contributed by atoms with E-state index in [-0.39, 0.29) is 5.76 Å². The topological polar surface area (TPSA) is 64.4 Å². The summed E-state index contributed by atoms with van der Waals surface area (Å²) >= 11 is 2.15. The number of aromatic nitrogens is 1. The monoisotopic (exact) mass is 462 g/mol. The van der Waals surface area contributed by atoms with Crippen molar-refractivity contribution in [3.05, 3.63) is 48.4 Å². The Labute approximate surface area is 159 Å². The van der Waals surface area contributed by atoms with Crippen molar-refractivity contribution < 1.29 is 13.5 Å². The van der Waals surface area contributed by atoms with Gasteiger partial charge in [0, 0.05) is 33.3 Å². The molecule has 0 saturated heterocycles. The number of hydrogen-bond donors (Lipinski definition) is 1. The summed E-state index contributed by atoms with van der Waals surface area (Å²) in [5.74, 6) is 1.03. The van der Waals surface area contributed by atoms with Gasteiger partial charge in [-0.1, -0.05) is 36.0 Å². The molecule has 7 heteroatoms. The minimum atomic E-state index is 0.228. The van der Waals surface area contributed by atoms with Crippen LogP contribution in [-0.4, -0.2) is 31.1 Å². The molecule has 2 rings (SSSR count). The van der Waals surface area contributed by atoms with Gasteiger partial charge in [0.05, 0.1) is 15.8 Å². The van der Waals surface area contributed by atoms with Crippen molar-refractivity contribution in [3.8, 4) is 0 Å². The van der Waals surface area contributed by atoms with E-state index in [2.05, 4.69) is 38.3 Å². The van der Waals surface area contributed by atoms with E-state index >= 15 is 0 Å². The standard InChI is InChI=1S/C11H11NO2.C6H12INOS/c1-3-5-6-9(4-2)11-7-10(8-13)14-12-11;1-8-6-2-5(3-6)4-9-10-7/h3-8H,1H2,2H3;5-6,8H,2-4H2,1H3/b6-5-,9-4+;. The molecule has 0 amide bonds. The Kier molecular flexibility index (Phi) is 11.0. The summed E-state index contributed by atoms with van der Waals surface area (Å²) in [6, 6.07) is 2.35. The highest BCUT2D eigenvalue weighted by molar-refractivity contribution is 14.2. The summed E-state index contributed by atoms with van der Waals surface area (Å²) in [5.41, 5.74) is 1.54. The van der Waals surface area contributed by atoms with Gasteiger partial charge in [0.1, 0.15) is 5.69 Å². The van der Waals surface area contributed by atoms with Gasteiger partial charge in [-0.3, -0.25) is 4.79 Å². The van der Waals surface area contributed by atoms with Crippen molar-refractivity contribution >= 4 is 42.3 Å². The van der Waals surface area contributed by atoms with Crippen LogP contribution >= 0.6 is 30.4 Å². The number of nitrogens with zero attached hydrogens (tertiary/aromatic N) is 1. The van der Waals surface area contributed by atoms with Crippen LogP contribution < -0.4 is 5.32 Å². The third kappa shape index (κ3) is 7.33. The summed E-state index contributed by atoms with van der Waals surface area (Å²) < 4.78 is 9.96. The van der Waals surface area contributed by atoms with Crippen LogP contribution in [0.1, 0.15) is 36.0 Å². The zero-order valence-corrected chi connectivity index (χ0v) is 16.9.